The van der Waals surface area contributed by atoms with Crippen molar-refractivity contribution in [3.8, 4) is 5.75 Å². The topological polar surface area (TPSA) is 29.5 Å². The van der Waals surface area contributed by atoms with Gasteiger partial charge in [0.15, 0.2) is 6.61 Å². The first kappa shape index (κ1) is 13.9. The molecule has 0 aliphatic heterocycles. The maximum atomic E-state index is 12.4. The van der Waals surface area contributed by atoms with Crippen LogP contribution in [0.2, 0.25) is 0 Å². The van der Waals surface area contributed by atoms with Crippen LogP contribution in [0.5, 0.6) is 5.75 Å². The van der Waals surface area contributed by atoms with Crippen molar-refractivity contribution in [2.24, 2.45) is 5.92 Å². The van der Waals surface area contributed by atoms with Crippen LogP contribution in [-0.2, 0) is 4.79 Å². The zero-order valence-corrected chi connectivity index (χ0v) is 13.3. The summed E-state index contributed by atoms with van der Waals surface area (Å²) in [6, 6.07) is 8.44. The van der Waals surface area contributed by atoms with Gasteiger partial charge in [-0.1, -0.05) is 15.9 Å². The highest BCUT2D eigenvalue weighted by Gasteiger charge is 2.41. The minimum atomic E-state index is 0.134. The van der Waals surface area contributed by atoms with Crippen LogP contribution in [0.4, 0.5) is 0 Å². The third-order valence-electron chi connectivity index (χ3n) is 4.15. The molecule has 2 aliphatic rings. The van der Waals surface area contributed by atoms with Crippen LogP contribution in [-0.4, -0.2) is 29.5 Å². The molecule has 20 heavy (non-hydrogen) atoms. The number of amides is 1. The fourth-order valence-corrected chi connectivity index (χ4v) is 2.94. The van der Waals surface area contributed by atoms with Gasteiger partial charge in [0.2, 0.25) is 0 Å². The lowest BCUT2D eigenvalue weighted by Gasteiger charge is -2.29. The van der Waals surface area contributed by atoms with Gasteiger partial charge in [0.1, 0.15) is 5.75 Å². The lowest BCUT2D eigenvalue weighted by atomic mass is 10.1. The van der Waals surface area contributed by atoms with Crippen molar-refractivity contribution in [2.45, 2.75) is 44.7 Å². The molecule has 3 rings (SSSR count). The summed E-state index contributed by atoms with van der Waals surface area (Å²) in [6.07, 6.45) is 4.85. The number of hydrogen-bond donors (Lipinski definition) is 0. The normalized spacial score (nSPS) is 19.5. The van der Waals surface area contributed by atoms with Crippen LogP contribution >= 0.6 is 15.9 Å². The molecule has 0 saturated heterocycles. The lowest BCUT2D eigenvalue weighted by molar-refractivity contribution is -0.136. The lowest BCUT2D eigenvalue weighted by Crippen LogP contribution is -2.44. The molecular weight excluding hydrogens is 318 g/mol. The van der Waals surface area contributed by atoms with E-state index in [0.29, 0.717) is 18.0 Å². The standard InChI is InChI=1S/C16H20BrNO2/c1-11(12-2-3-12)18(14-6-7-14)16(19)10-20-15-8-4-13(17)5-9-15/h4-5,8-9,11-12,14H,2-3,6-7,10H2,1H3. The van der Waals surface area contributed by atoms with E-state index in [0.717, 1.165) is 23.1 Å². The molecule has 1 aromatic carbocycles. The van der Waals surface area contributed by atoms with E-state index >= 15 is 0 Å². The second kappa shape index (κ2) is 5.76. The molecular formula is C16H20BrNO2. The largest absolute Gasteiger partial charge is 0.484 e. The van der Waals surface area contributed by atoms with Crippen molar-refractivity contribution in [1.29, 1.82) is 0 Å². The Kier molecular flexibility index (Phi) is 4.01. The van der Waals surface area contributed by atoms with Crippen LogP contribution in [0.3, 0.4) is 0 Å². The molecule has 108 valence electrons. The van der Waals surface area contributed by atoms with Crippen LogP contribution in [0.15, 0.2) is 28.7 Å². The van der Waals surface area contributed by atoms with Gasteiger partial charge in [-0.2, -0.15) is 0 Å². The number of ether oxygens (including phenoxy) is 1. The number of hydrogen-bond acceptors (Lipinski definition) is 2. The molecule has 0 heterocycles. The quantitative estimate of drug-likeness (QED) is 0.793. The molecule has 4 heteroatoms. The Balaban J connectivity index is 1.57. The molecule has 0 N–H and O–H groups in total. The summed E-state index contributed by atoms with van der Waals surface area (Å²) in [7, 11) is 0. The number of benzene rings is 1. The molecule has 0 bridgehead atoms. The van der Waals surface area contributed by atoms with Gasteiger partial charge in [-0.25, -0.2) is 0 Å². The van der Waals surface area contributed by atoms with Gasteiger partial charge in [-0.05, 0) is 62.8 Å². The minimum absolute atomic E-state index is 0.134. The first-order valence-electron chi connectivity index (χ1n) is 7.34. The molecule has 2 aliphatic carbocycles. The summed E-state index contributed by atoms with van der Waals surface area (Å²) in [5.74, 6) is 1.60. The number of halogens is 1. The number of nitrogens with zero attached hydrogens (tertiary/aromatic N) is 1. The van der Waals surface area contributed by atoms with Crippen molar-refractivity contribution in [2.75, 3.05) is 6.61 Å². The summed E-state index contributed by atoms with van der Waals surface area (Å²) >= 11 is 3.39. The van der Waals surface area contributed by atoms with Gasteiger partial charge in [-0.15, -0.1) is 0 Å². The highest BCUT2D eigenvalue weighted by molar-refractivity contribution is 9.10. The van der Waals surface area contributed by atoms with E-state index < -0.39 is 0 Å². The van der Waals surface area contributed by atoms with Crippen molar-refractivity contribution in [1.82, 2.24) is 4.90 Å². The van der Waals surface area contributed by atoms with E-state index in [9.17, 15) is 4.79 Å². The van der Waals surface area contributed by atoms with E-state index in [2.05, 4.69) is 27.8 Å². The average Bonchev–Trinajstić information content (AvgIpc) is 3.29. The Labute approximate surface area is 128 Å². The Morgan fingerprint density at radius 3 is 2.50 bits per heavy atom. The Bertz CT molecular complexity index is 480. The predicted octanol–water partition coefficient (Wildman–Crippen LogP) is 3.62. The first-order chi connectivity index (χ1) is 9.65. The summed E-state index contributed by atoms with van der Waals surface area (Å²) in [4.78, 5) is 14.5. The average molecular weight is 338 g/mol. The SMILES string of the molecule is CC(C1CC1)N(C(=O)COc1ccc(Br)cc1)C1CC1. The summed E-state index contributed by atoms with van der Waals surface area (Å²) < 4.78 is 6.63. The third-order valence-corrected chi connectivity index (χ3v) is 4.68. The van der Waals surface area contributed by atoms with Crippen molar-refractivity contribution < 1.29 is 9.53 Å². The van der Waals surface area contributed by atoms with Crippen molar-refractivity contribution in [3.63, 3.8) is 0 Å². The number of rotatable bonds is 6. The molecule has 0 aromatic heterocycles. The summed E-state index contributed by atoms with van der Waals surface area (Å²) in [5, 5.41) is 0. The van der Waals surface area contributed by atoms with Gasteiger partial charge >= 0.3 is 0 Å². The van der Waals surface area contributed by atoms with E-state index in [1.165, 1.54) is 12.8 Å². The second-order valence-corrected chi connectivity index (χ2v) is 6.77. The predicted molar refractivity (Wildman–Crippen MR) is 81.7 cm³/mol. The molecule has 1 atom stereocenters. The zero-order chi connectivity index (χ0) is 14.1. The Hall–Kier alpha value is -1.03. The molecule has 1 amide bonds. The molecule has 2 saturated carbocycles. The van der Waals surface area contributed by atoms with E-state index in [4.69, 9.17) is 4.74 Å². The van der Waals surface area contributed by atoms with Gasteiger partial charge < -0.3 is 9.64 Å². The van der Waals surface area contributed by atoms with Gasteiger partial charge in [0.05, 0.1) is 0 Å². The number of carbonyl (C=O) groups excluding carboxylic acids is 1. The monoisotopic (exact) mass is 337 g/mol. The Morgan fingerprint density at radius 1 is 1.30 bits per heavy atom. The van der Waals surface area contributed by atoms with Crippen LogP contribution in [0.1, 0.15) is 32.6 Å². The van der Waals surface area contributed by atoms with E-state index in [1.807, 2.05) is 24.3 Å². The minimum Gasteiger partial charge on any atom is -0.484 e. The highest BCUT2D eigenvalue weighted by atomic mass is 79.9. The van der Waals surface area contributed by atoms with E-state index in [1.54, 1.807) is 0 Å². The second-order valence-electron chi connectivity index (χ2n) is 5.85. The smallest absolute Gasteiger partial charge is 0.261 e. The fourth-order valence-electron chi connectivity index (χ4n) is 2.67. The maximum Gasteiger partial charge on any atom is 0.261 e. The molecule has 0 spiro atoms. The zero-order valence-electron chi connectivity index (χ0n) is 11.7. The Morgan fingerprint density at radius 2 is 1.95 bits per heavy atom. The van der Waals surface area contributed by atoms with Gasteiger partial charge in [0, 0.05) is 16.6 Å². The molecule has 0 radical (unpaired) electrons. The maximum absolute atomic E-state index is 12.4. The van der Waals surface area contributed by atoms with Gasteiger partial charge in [0.25, 0.3) is 5.91 Å². The van der Waals surface area contributed by atoms with Gasteiger partial charge in [-0.3, -0.25) is 4.79 Å². The summed E-state index contributed by atoms with van der Waals surface area (Å²) in [6.45, 7) is 2.34. The third kappa shape index (κ3) is 3.35. The van der Waals surface area contributed by atoms with Crippen molar-refractivity contribution >= 4 is 21.8 Å². The first-order valence-corrected chi connectivity index (χ1v) is 8.14. The summed E-state index contributed by atoms with van der Waals surface area (Å²) in [5.41, 5.74) is 0. The molecule has 2 fully saturated rings. The van der Waals surface area contributed by atoms with Crippen LogP contribution in [0, 0.1) is 5.92 Å². The highest BCUT2D eigenvalue weighted by Crippen LogP contribution is 2.39. The van der Waals surface area contributed by atoms with Crippen LogP contribution < -0.4 is 4.74 Å². The van der Waals surface area contributed by atoms with E-state index in [-0.39, 0.29) is 12.5 Å². The van der Waals surface area contributed by atoms with Crippen molar-refractivity contribution in [3.05, 3.63) is 28.7 Å². The molecule has 3 nitrogen and oxygen atoms in total. The van der Waals surface area contributed by atoms with Crippen LogP contribution in [0.25, 0.3) is 0 Å². The number of carbonyl (C=O) groups is 1. The molecule has 1 aromatic rings. The fraction of sp³-hybridized carbons (Fsp3) is 0.562. The molecule has 1 unspecified atom stereocenters.